The molecule has 0 atom stereocenters. The van der Waals surface area contributed by atoms with Gasteiger partial charge in [0, 0.05) is 4.47 Å². The van der Waals surface area contributed by atoms with Crippen LogP contribution in [-0.2, 0) is 0 Å². The van der Waals surface area contributed by atoms with Gasteiger partial charge in [-0.05, 0) is 64.8 Å². The van der Waals surface area contributed by atoms with Crippen LogP contribution in [0.15, 0.2) is 40.9 Å². The Morgan fingerprint density at radius 1 is 1.17 bits per heavy atom. The third-order valence-electron chi connectivity index (χ3n) is 2.43. The number of hydrogen-bond acceptors (Lipinski definition) is 2. The highest BCUT2D eigenvalue weighted by molar-refractivity contribution is 9.10. The highest BCUT2D eigenvalue weighted by Crippen LogP contribution is 2.27. The molecule has 2 aromatic rings. The third kappa shape index (κ3) is 2.69. The van der Waals surface area contributed by atoms with Crippen molar-refractivity contribution in [1.82, 2.24) is 0 Å². The molecule has 0 unspecified atom stereocenters. The highest BCUT2D eigenvalue weighted by atomic mass is 79.9. The Morgan fingerprint density at radius 2 is 1.83 bits per heavy atom. The van der Waals surface area contributed by atoms with Crippen LogP contribution in [-0.4, -0.2) is 0 Å². The number of nitriles is 1. The summed E-state index contributed by atoms with van der Waals surface area (Å²) in [6.45, 7) is 1.68. The van der Waals surface area contributed by atoms with Crippen molar-refractivity contribution in [2.45, 2.75) is 6.92 Å². The van der Waals surface area contributed by atoms with Crippen molar-refractivity contribution < 1.29 is 9.13 Å². The minimum atomic E-state index is -0.261. The van der Waals surface area contributed by atoms with Crippen molar-refractivity contribution >= 4 is 15.9 Å². The summed E-state index contributed by atoms with van der Waals surface area (Å²) in [7, 11) is 0. The second-order valence-corrected chi connectivity index (χ2v) is 4.62. The Balaban J connectivity index is 2.26. The Bertz CT molecular complexity index is 634. The topological polar surface area (TPSA) is 33.0 Å². The lowest BCUT2D eigenvalue weighted by atomic mass is 10.2. The summed E-state index contributed by atoms with van der Waals surface area (Å²) in [5, 5.41) is 8.80. The summed E-state index contributed by atoms with van der Waals surface area (Å²) >= 11 is 3.28. The van der Waals surface area contributed by atoms with E-state index in [-0.39, 0.29) is 5.82 Å². The summed E-state index contributed by atoms with van der Waals surface area (Å²) < 4.78 is 19.4. The first-order valence-corrected chi connectivity index (χ1v) is 6.03. The number of ether oxygens (including phenoxy) is 1. The van der Waals surface area contributed by atoms with Crippen LogP contribution in [0.5, 0.6) is 11.5 Å². The van der Waals surface area contributed by atoms with E-state index in [1.165, 1.54) is 6.07 Å². The van der Waals surface area contributed by atoms with Gasteiger partial charge in [0.2, 0.25) is 0 Å². The summed E-state index contributed by atoms with van der Waals surface area (Å²) in [6.07, 6.45) is 0. The predicted octanol–water partition coefficient (Wildman–Crippen LogP) is 4.56. The van der Waals surface area contributed by atoms with Crippen molar-refractivity contribution in [3.63, 3.8) is 0 Å². The zero-order chi connectivity index (χ0) is 13.1. The van der Waals surface area contributed by atoms with Gasteiger partial charge in [0.05, 0.1) is 5.56 Å². The van der Waals surface area contributed by atoms with Crippen molar-refractivity contribution in [2.24, 2.45) is 0 Å². The standard InChI is InChI=1S/C14H9BrFNO/c1-9-6-11(4-5-14(9)16)18-12-3-2-10(8-17)13(15)7-12/h2-7H,1H3. The molecule has 2 nitrogen and oxygen atoms in total. The SMILES string of the molecule is Cc1cc(Oc2ccc(C#N)c(Br)c2)ccc1F. The quantitative estimate of drug-likeness (QED) is 0.815. The lowest BCUT2D eigenvalue weighted by Crippen LogP contribution is -1.88. The molecule has 0 radical (unpaired) electrons. The van der Waals surface area contributed by atoms with Gasteiger partial charge >= 0.3 is 0 Å². The molecular weight excluding hydrogens is 297 g/mol. The van der Waals surface area contributed by atoms with E-state index in [2.05, 4.69) is 22.0 Å². The molecule has 0 aliphatic rings. The Kier molecular flexibility index (Phi) is 3.63. The fraction of sp³-hybridized carbons (Fsp3) is 0.0714. The molecule has 0 aliphatic carbocycles. The van der Waals surface area contributed by atoms with Gasteiger partial charge in [-0.1, -0.05) is 0 Å². The van der Waals surface area contributed by atoms with Crippen LogP contribution in [0.1, 0.15) is 11.1 Å². The zero-order valence-corrected chi connectivity index (χ0v) is 11.2. The molecule has 90 valence electrons. The first kappa shape index (κ1) is 12.6. The van der Waals surface area contributed by atoms with E-state index in [1.807, 2.05) is 0 Å². The van der Waals surface area contributed by atoms with Crippen molar-refractivity contribution in [2.75, 3.05) is 0 Å². The molecule has 0 saturated heterocycles. The second-order valence-electron chi connectivity index (χ2n) is 3.77. The minimum absolute atomic E-state index is 0.261. The number of halogens is 2. The number of aryl methyl sites for hydroxylation is 1. The van der Waals surface area contributed by atoms with E-state index in [4.69, 9.17) is 10.00 Å². The Hall–Kier alpha value is -1.86. The van der Waals surface area contributed by atoms with E-state index in [1.54, 1.807) is 37.3 Å². The van der Waals surface area contributed by atoms with Crippen LogP contribution in [0, 0.1) is 24.1 Å². The van der Waals surface area contributed by atoms with Crippen LogP contribution in [0.4, 0.5) is 4.39 Å². The smallest absolute Gasteiger partial charge is 0.128 e. The number of benzene rings is 2. The van der Waals surface area contributed by atoms with Crippen LogP contribution < -0.4 is 4.74 Å². The van der Waals surface area contributed by atoms with Crippen LogP contribution >= 0.6 is 15.9 Å². The number of rotatable bonds is 2. The molecule has 0 fully saturated rings. The van der Waals surface area contributed by atoms with Gasteiger partial charge in [-0.15, -0.1) is 0 Å². The molecule has 0 amide bonds. The second kappa shape index (κ2) is 5.19. The molecule has 0 aliphatic heterocycles. The molecule has 0 N–H and O–H groups in total. The van der Waals surface area contributed by atoms with Crippen LogP contribution in [0.3, 0.4) is 0 Å². The fourth-order valence-electron chi connectivity index (χ4n) is 1.47. The maximum absolute atomic E-state index is 13.1. The molecule has 0 spiro atoms. The average Bonchev–Trinajstić information content (AvgIpc) is 2.34. The molecule has 18 heavy (non-hydrogen) atoms. The maximum atomic E-state index is 13.1. The van der Waals surface area contributed by atoms with Crippen molar-refractivity contribution in [3.05, 3.63) is 57.8 Å². The highest BCUT2D eigenvalue weighted by Gasteiger charge is 2.04. The molecule has 4 heteroatoms. The average molecular weight is 306 g/mol. The van der Waals surface area contributed by atoms with E-state index >= 15 is 0 Å². The van der Waals surface area contributed by atoms with Crippen LogP contribution in [0.2, 0.25) is 0 Å². The first-order chi connectivity index (χ1) is 8.60. The lowest BCUT2D eigenvalue weighted by Gasteiger charge is -2.07. The largest absolute Gasteiger partial charge is 0.457 e. The van der Waals surface area contributed by atoms with Gasteiger partial charge in [-0.25, -0.2) is 4.39 Å². The molecule has 2 rings (SSSR count). The van der Waals surface area contributed by atoms with E-state index in [0.717, 1.165) is 0 Å². The number of hydrogen-bond donors (Lipinski definition) is 0. The Morgan fingerprint density at radius 3 is 2.44 bits per heavy atom. The molecule has 2 aromatic carbocycles. The summed E-state index contributed by atoms with van der Waals surface area (Å²) in [4.78, 5) is 0. The monoisotopic (exact) mass is 305 g/mol. The number of nitrogens with zero attached hydrogens (tertiary/aromatic N) is 1. The van der Waals surface area contributed by atoms with Gasteiger partial charge < -0.3 is 4.74 Å². The predicted molar refractivity (Wildman–Crippen MR) is 70.1 cm³/mol. The maximum Gasteiger partial charge on any atom is 0.128 e. The summed E-state index contributed by atoms with van der Waals surface area (Å²) in [5.74, 6) is 0.890. The fourth-order valence-corrected chi connectivity index (χ4v) is 1.91. The lowest BCUT2D eigenvalue weighted by molar-refractivity contribution is 0.479. The molecule has 0 saturated carbocycles. The third-order valence-corrected chi connectivity index (χ3v) is 3.08. The molecule has 0 aromatic heterocycles. The summed E-state index contributed by atoms with van der Waals surface area (Å²) in [5.41, 5.74) is 1.07. The molecular formula is C14H9BrFNO. The Labute approximate surface area is 113 Å². The molecule has 0 heterocycles. The van der Waals surface area contributed by atoms with Crippen molar-refractivity contribution in [1.29, 1.82) is 5.26 Å². The van der Waals surface area contributed by atoms with Crippen molar-refractivity contribution in [3.8, 4) is 17.6 Å². The van der Waals surface area contributed by atoms with E-state index in [0.29, 0.717) is 27.1 Å². The van der Waals surface area contributed by atoms with Gasteiger partial charge in [0.25, 0.3) is 0 Å². The first-order valence-electron chi connectivity index (χ1n) is 5.24. The van der Waals surface area contributed by atoms with E-state index in [9.17, 15) is 4.39 Å². The molecule has 0 bridgehead atoms. The van der Waals surface area contributed by atoms with Gasteiger partial charge in [-0.3, -0.25) is 0 Å². The van der Waals surface area contributed by atoms with Crippen LogP contribution in [0.25, 0.3) is 0 Å². The van der Waals surface area contributed by atoms with Gasteiger partial charge in [0.15, 0.2) is 0 Å². The summed E-state index contributed by atoms with van der Waals surface area (Å²) in [6, 6.07) is 11.7. The minimum Gasteiger partial charge on any atom is -0.457 e. The van der Waals surface area contributed by atoms with E-state index < -0.39 is 0 Å². The van der Waals surface area contributed by atoms with Gasteiger partial charge in [0.1, 0.15) is 23.4 Å². The zero-order valence-electron chi connectivity index (χ0n) is 9.58. The van der Waals surface area contributed by atoms with Gasteiger partial charge in [-0.2, -0.15) is 5.26 Å². The normalized spacial score (nSPS) is 9.89.